The highest BCUT2D eigenvalue weighted by Gasteiger charge is 2.03. The smallest absolute Gasteiger partial charge is 0.120 e. The van der Waals surface area contributed by atoms with E-state index in [9.17, 15) is 4.79 Å². The minimum Gasteiger partial charge on any atom is -0.491 e. The maximum Gasteiger partial charge on any atom is 0.120 e. The third-order valence-corrected chi connectivity index (χ3v) is 13.0. The fourth-order valence-electron chi connectivity index (χ4n) is 9.06. The van der Waals surface area contributed by atoms with Gasteiger partial charge < -0.3 is 14.3 Å². The molecule has 0 amide bonds. The van der Waals surface area contributed by atoms with Crippen molar-refractivity contribution in [2.75, 3.05) is 19.8 Å². The first-order chi connectivity index (χ1) is 30.4. The van der Waals surface area contributed by atoms with E-state index in [2.05, 4.69) is 66.7 Å². The highest BCUT2D eigenvalue weighted by Crippen LogP contribution is 2.27. The van der Waals surface area contributed by atoms with E-state index < -0.39 is 0 Å². The molecule has 0 atom stereocenters. The quantitative estimate of drug-likeness (QED) is 0.0420. The lowest BCUT2D eigenvalue weighted by molar-refractivity contribution is -0.107. The molecule has 0 unspecified atom stereocenters. The van der Waals surface area contributed by atoms with Crippen molar-refractivity contribution in [3.05, 3.63) is 66.7 Å². The third-order valence-electron chi connectivity index (χ3n) is 13.0. The molecule has 3 rings (SSSR count). The van der Waals surface area contributed by atoms with E-state index in [1.54, 1.807) is 0 Å². The molecule has 0 heterocycles. The van der Waals surface area contributed by atoms with Gasteiger partial charge in [-0.15, -0.1) is 0 Å². The lowest BCUT2D eigenvalue weighted by atomic mass is 10.0. The number of unbranched alkanes of at least 4 members (excludes halogenated alkanes) is 37. The van der Waals surface area contributed by atoms with Crippen molar-refractivity contribution in [1.29, 1.82) is 0 Å². The summed E-state index contributed by atoms with van der Waals surface area (Å²) in [6.45, 7) is 2.10. The molecule has 0 aliphatic rings. The highest BCUT2D eigenvalue weighted by molar-refractivity contribution is 5.88. The van der Waals surface area contributed by atoms with Crippen LogP contribution in [-0.4, -0.2) is 26.1 Å². The first-order valence-electron chi connectivity index (χ1n) is 26.6. The third kappa shape index (κ3) is 30.1. The molecule has 3 aromatic rings. The van der Waals surface area contributed by atoms with E-state index in [4.69, 9.17) is 9.47 Å². The van der Waals surface area contributed by atoms with Crippen molar-refractivity contribution in [3.8, 4) is 16.9 Å². The number of fused-ring (bicyclic) bond motifs is 1. The van der Waals surface area contributed by atoms with Crippen molar-refractivity contribution in [3.63, 3.8) is 0 Å². The van der Waals surface area contributed by atoms with Crippen molar-refractivity contribution < 1.29 is 14.3 Å². The van der Waals surface area contributed by atoms with Gasteiger partial charge >= 0.3 is 0 Å². The number of ether oxygens (including phenoxy) is 2. The topological polar surface area (TPSA) is 35.5 Å². The number of aldehydes is 1. The Balaban J connectivity index is 0.919. The fraction of sp³-hybridized carbons (Fsp3) is 0.707. The Morgan fingerprint density at radius 1 is 0.311 bits per heavy atom. The Morgan fingerprint density at radius 2 is 0.672 bits per heavy atom. The number of carbonyl (C=O) groups excluding carboxylic acids is 1. The molecule has 0 saturated carbocycles. The largest absolute Gasteiger partial charge is 0.491 e. The van der Waals surface area contributed by atoms with Crippen LogP contribution in [0.1, 0.15) is 244 Å². The molecule has 0 radical (unpaired) electrons. The summed E-state index contributed by atoms with van der Waals surface area (Å²) in [7, 11) is 0. The Labute approximate surface area is 377 Å². The van der Waals surface area contributed by atoms with Crippen LogP contribution in [0.4, 0.5) is 0 Å². The van der Waals surface area contributed by atoms with Crippen LogP contribution in [0.25, 0.3) is 21.9 Å². The van der Waals surface area contributed by atoms with Crippen LogP contribution >= 0.6 is 0 Å². The molecule has 0 spiro atoms. The van der Waals surface area contributed by atoms with Crippen LogP contribution < -0.4 is 4.74 Å². The molecule has 3 nitrogen and oxygen atoms in total. The number of benzene rings is 3. The van der Waals surface area contributed by atoms with Crippen LogP contribution in [-0.2, 0) is 9.53 Å². The van der Waals surface area contributed by atoms with Gasteiger partial charge in [0.05, 0.1) is 6.61 Å². The first-order valence-corrected chi connectivity index (χ1v) is 26.6. The molecule has 0 aliphatic heterocycles. The fourth-order valence-corrected chi connectivity index (χ4v) is 9.06. The van der Waals surface area contributed by atoms with Crippen molar-refractivity contribution >= 4 is 17.1 Å². The van der Waals surface area contributed by atoms with Crippen LogP contribution in [0.3, 0.4) is 0 Å². The van der Waals surface area contributed by atoms with Crippen LogP contribution in [0.5, 0.6) is 5.75 Å². The Hall–Kier alpha value is -2.65. The maximum atomic E-state index is 10.3. The summed E-state index contributed by atoms with van der Waals surface area (Å²) < 4.78 is 11.8. The van der Waals surface area contributed by atoms with Gasteiger partial charge in [0, 0.05) is 13.0 Å². The molecule has 61 heavy (non-hydrogen) atoms. The summed E-state index contributed by atoms with van der Waals surface area (Å²) in [5.74, 6) is 0.915. The zero-order valence-electron chi connectivity index (χ0n) is 39.6. The predicted octanol–water partition coefficient (Wildman–Crippen LogP) is 18.9. The van der Waals surface area contributed by atoms with Crippen LogP contribution in [0.2, 0.25) is 0 Å². The Morgan fingerprint density at radius 3 is 1.08 bits per heavy atom. The Kier molecular flexibility index (Phi) is 34.7. The second-order valence-corrected chi connectivity index (χ2v) is 18.6. The molecule has 0 N–H and O–H groups in total. The molecule has 3 aromatic carbocycles. The van der Waals surface area contributed by atoms with Gasteiger partial charge in [-0.25, -0.2) is 0 Å². The van der Waals surface area contributed by atoms with E-state index in [0.29, 0.717) is 13.2 Å². The normalized spacial score (nSPS) is 11.5. The van der Waals surface area contributed by atoms with Gasteiger partial charge in [0.1, 0.15) is 18.6 Å². The number of carbonyl (C=O) groups is 1. The second kappa shape index (κ2) is 40.1. The van der Waals surface area contributed by atoms with Gasteiger partial charge in [-0.05, 0) is 52.9 Å². The monoisotopic (exact) mass is 839 g/mol. The summed E-state index contributed by atoms with van der Waals surface area (Å²) in [4.78, 5) is 10.3. The molecule has 0 bridgehead atoms. The Bertz CT molecular complexity index is 1380. The number of hydrogen-bond donors (Lipinski definition) is 0. The predicted molar refractivity (Wildman–Crippen MR) is 267 cm³/mol. The summed E-state index contributed by atoms with van der Waals surface area (Å²) in [5.41, 5.74) is 2.49. The van der Waals surface area contributed by atoms with Crippen molar-refractivity contribution in [2.24, 2.45) is 0 Å². The van der Waals surface area contributed by atoms with Crippen LogP contribution in [0, 0.1) is 0 Å². The first kappa shape index (κ1) is 52.7. The maximum absolute atomic E-state index is 10.3. The second-order valence-electron chi connectivity index (χ2n) is 18.6. The highest BCUT2D eigenvalue weighted by atomic mass is 16.5. The molecule has 0 fully saturated rings. The molecule has 0 aliphatic carbocycles. The van der Waals surface area contributed by atoms with Gasteiger partial charge in [0.2, 0.25) is 0 Å². The molecule has 0 aromatic heterocycles. The van der Waals surface area contributed by atoms with E-state index >= 15 is 0 Å². The zero-order valence-corrected chi connectivity index (χ0v) is 39.6. The van der Waals surface area contributed by atoms with Crippen molar-refractivity contribution in [1.82, 2.24) is 0 Å². The van der Waals surface area contributed by atoms with E-state index in [1.807, 2.05) is 0 Å². The summed E-state index contributed by atoms with van der Waals surface area (Å²) in [5, 5.41) is 2.44. The summed E-state index contributed by atoms with van der Waals surface area (Å²) in [6.07, 6.45) is 54.2. The van der Waals surface area contributed by atoms with E-state index in [1.165, 1.54) is 247 Å². The summed E-state index contributed by atoms with van der Waals surface area (Å²) in [6, 6.07) is 23.5. The molecular formula is C58H94O3. The van der Waals surface area contributed by atoms with Gasteiger partial charge in [0.25, 0.3) is 0 Å². The number of rotatable bonds is 45. The molecular weight excluding hydrogens is 745 g/mol. The average molecular weight is 839 g/mol. The standard InChI is InChI=1S/C58H94O3/c59-48-40-35-33-31-29-27-25-23-21-19-17-15-13-11-9-7-5-3-1-2-4-6-8-10-12-14-16-18-20-22-24-26-28-30-32-34-36-41-49-60-50-51-61-58-47-46-56-52-55(44-45-57(56)53-58)54-42-38-37-39-43-54/h37-39,42-48,52-53H,1-36,40-41,49-51H2. The van der Waals surface area contributed by atoms with Gasteiger partial charge in [-0.2, -0.15) is 0 Å². The van der Waals surface area contributed by atoms with E-state index in [-0.39, 0.29) is 0 Å². The number of hydrogen-bond acceptors (Lipinski definition) is 3. The van der Waals surface area contributed by atoms with E-state index in [0.717, 1.165) is 37.9 Å². The molecule has 3 heteroatoms. The summed E-state index contributed by atoms with van der Waals surface area (Å²) >= 11 is 0. The van der Waals surface area contributed by atoms with Gasteiger partial charge in [0.15, 0.2) is 0 Å². The lowest BCUT2D eigenvalue weighted by Gasteiger charge is -2.09. The average Bonchev–Trinajstić information content (AvgIpc) is 3.29. The van der Waals surface area contributed by atoms with Crippen molar-refractivity contribution in [2.45, 2.75) is 244 Å². The minimum absolute atomic E-state index is 0.602. The van der Waals surface area contributed by atoms with Gasteiger partial charge in [-0.1, -0.05) is 273 Å². The minimum atomic E-state index is 0.602. The zero-order chi connectivity index (χ0) is 42.8. The molecule has 0 saturated heterocycles. The van der Waals surface area contributed by atoms with Gasteiger partial charge in [-0.3, -0.25) is 0 Å². The SMILES string of the molecule is O=CCCCCCCCCCCCCCCCCCCCCCCCCCCCCCCCCCCCCCCCOCCOc1ccc2cc(-c3ccccc3)ccc2c1. The molecule has 344 valence electrons. The lowest BCUT2D eigenvalue weighted by Crippen LogP contribution is -2.07. The van der Waals surface area contributed by atoms with Crippen LogP contribution in [0.15, 0.2) is 66.7 Å².